The summed E-state index contributed by atoms with van der Waals surface area (Å²) in [6.07, 6.45) is 1.04. The molecule has 1 aliphatic rings. The van der Waals surface area contributed by atoms with Gasteiger partial charge in [0.25, 0.3) is 0 Å². The predicted molar refractivity (Wildman–Crippen MR) is 106 cm³/mol. The molecule has 0 aliphatic carbocycles. The van der Waals surface area contributed by atoms with Gasteiger partial charge in [-0.05, 0) is 19.9 Å². The quantitative estimate of drug-likeness (QED) is 0.674. The lowest BCUT2D eigenvalue weighted by Gasteiger charge is -2.41. The Kier molecular flexibility index (Phi) is 6.01. The Morgan fingerprint density at radius 2 is 2.03 bits per heavy atom. The number of halogens is 2. The molecule has 0 spiro atoms. The van der Waals surface area contributed by atoms with Gasteiger partial charge in [-0.3, -0.25) is 4.79 Å². The lowest BCUT2D eigenvalue weighted by Crippen LogP contribution is -2.51. The van der Waals surface area contributed by atoms with E-state index in [2.05, 4.69) is 4.52 Å². The van der Waals surface area contributed by atoms with Crippen molar-refractivity contribution in [3.8, 4) is 0 Å². The Balaban J connectivity index is 2.13. The van der Waals surface area contributed by atoms with E-state index in [1.807, 2.05) is 0 Å². The molecule has 1 saturated heterocycles. The van der Waals surface area contributed by atoms with Crippen LogP contribution in [-0.2, 0) is 15.6 Å². The molecule has 12 heteroatoms. The number of nitrogens with zero attached hydrogens (tertiary/aromatic N) is 3. The smallest absolute Gasteiger partial charge is 0.405 e. The number of aromatic nitrogens is 1. The summed E-state index contributed by atoms with van der Waals surface area (Å²) >= 11 is 0. The third-order valence-electron chi connectivity index (χ3n) is 5.27. The van der Waals surface area contributed by atoms with Crippen molar-refractivity contribution in [2.75, 3.05) is 31.6 Å². The predicted octanol–water partition coefficient (Wildman–Crippen LogP) is 2.26. The third-order valence-corrected chi connectivity index (χ3v) is 6.99. The van der Waals surface area contributed by atoms with E-state index in [9.17, 15) is 28.5 Å². The minimum absolute atomic E-state index is 0.0260. The minimum atomic E-state index is -4.00. The van der Waals surface area contributed by atoms with Crippen LogP contribution < -0.4 is 10.3 Å². The molecule has 0 bridgehead atoms. The summed E-state index contributed by atoms with van der Waals surface area (Å²) in [4.78, 5) is 35.1. The van der Waals surface area contributed by atoms with E-state index in [-0.39, 0.29) is 42.8 Å². The molecule has 1 fully saturated rings. The number of anilines is 1. The number of pyridine rings is 1. The summed E-state index contributed by atoms with van der Waals surface area (Å²) < 4.78 is 49.6. The fourth-order valence-electron chi connectivity index (χ4n) is 3.80. The van der Waals surface area contributed by atoms with Gasteiger partial charge in [0.1, 0.15) is 17.1 Å². The van der Waals surface area contributed by atoms with Crippen LogP contribution in [0.3, 0.4) is 0 Å². The van der Waals surface area contributed by atoms with Gasteiger partial charge < -0.3 is 24.0 Å². The second-order valence-electron chi connectivity index (χ2n) is 7.01. The summed E-state index contributed by atoms with van der Waals surface area (Å²) in [6.45, 7) is 3.54. The Morgan fingerprint density at radius 3 is 2.57 bits per heavy atom. The maximum absolute atomic E-state index is 15.5. The zero-order valence-corrected chi connectivity index (χ0v) is 17.5. The van der Waals surface area contributed by atoms with Crippen molar-refractivity contribution in [1.29, 1.82) is 0 Å². The second-order valence-corrected chi connectivity index (χ2v) is 8.87. The number of aryl methyl sites for hydroxylation is 1. The van der Waals surface area contributed by atoms with Crippen molar-refractivity contribution in [2.45, 2.75) is 26.4 Å². The van der Waals surface area contributed by atoms with Gasteiger partial charge in [0.2, 0.25) is 5.43 Å². The summed E-state index contributed by atoms with van der Waals surface area (Å²) in [6, 6.07) is 0.296. The van der Waals surface area contributed by atoms with Crippen molar-refractivity contribution in [3.05, 3.63) is 39.7 Å². The fraction of sp³-hybridized carbons (Fsp3) is 0.444. The van der Waals surface area contributed by atoms with E-state index in [0.717, 1.165) is 19.4 Å². The summed E-state index contributed by atoms with van der Waals surface area (Å²) in [5.41, 5.74) is -2.10. The zero-order chi connectivity index (χ0) is 22.4. The molecular weight excluding hydrogens is 423 g/mol. The molecule has 2 unspecified atom stereocenters. The van der Waals surface area contributed by atoms with Gasteiger partial charge in [-0.15, -0.1) is 0 Å². The second kappa shape index (κ2) is 8.07. The normalized spacial score (nSPS) is 19.8. The highest BCUT2D eigenvalue weighted by molar-refractivity contribution is 7.50. The average molecular weight is 445 g/mol. The highest BCUT2D eigenvalue weighted by Crippen LogP contribution is 2.48. The molecule has 30 heavy (non-hydrogen) atoms. The van der Waals surface area contributed by atoms with Crippen LogP contribution in [0.15, 0.2) is 17.1 Å². The van der Waals surface area contributed by atoms with E-state index in [1.54, 1.807) is 13.8 Å². The molecule has 0 radical (unpaired) electrons. The number of hydrogen-bond acceptors (Lipinski definition) is 5. The zero-order valence-electron chi connectivity index (χ0n) is 16.6. The van der Waals surface area contributed by atoms with Crippen LogP contribution in [0, 0.1) is 11.6 Å². The van der Waals surface area contributed by atoms with E-state index in [1.165, 1.54) is 14.1 Å². The van der Waals surface area contributed by atoms with Crippen LogP contribution in [0.25, 0.3) is 10.9 Å². The largest absolute Gasteiger partial charge is 0.477 e. The molecule has 1 aromatic carbocycles. The van der Waals surface area contributed by atoms with Crippen LogP contribution in [0.2, 0.25) is 0 Å². The average Bonchev–Trinajstić information content (AvgIpc) is 2.68. The lowest BCUT2D eigenvalue weighted by atomic mass is 10.1. The first-order valence-corrected chi connectivity index (χ1v) is 10.8. The van der Waals surface area contributed by atoms with Crippen molar-refractivity contribution < 1.29 is 32.7 Å². The van der Waals surface area contributed by atoms with E-state index < -0.39 is 42.4 Å². The highest BCUT2D eigenvalue weighted by atomic mass is 31.2. The van der Waals surface area contributed by atoms with Gasteiger partial charge >= 0.3 is 13.7 Å². The monoisotopic (exact) mass is 445 g/mol. The molecule has 1 aromatic heterocycles. The molecule has 164 valence electrons. The molecule has 2 heterocycles. The number of carbonyl (C=O) groups is 1. The fourth-order valence-corrected chi connectivity index (χ4v) is 4.92. The van der Waals surface area contributed by atoms with Crippen LogP contribution >= 0.6 is 7.75 Å². The van der Waals surface area contributed by atoms with Crippen molar-refractivity contribution in [1.82, 2.24) is 9.24 Å². The molecule has 3 rings (SSSR count). The molecule has 2 N–H and O–H groups in total. The number of hydrogen-bond donors (Lipinski definition) is 2. The number of rotatable bonds is 5. The molecule has 0 saturated carbocycles. The highest BCUT2D eigenvalue weighted by Gasteiger charge is 2.38. The van der Waals surface area contributed by atoms with Crippen LogP contribution in [-0.4, -0.2) is 58.0 Å². The van der Waals surface area contributed by atoms with E-state index >= 15 is 4.39 Å². The first-order chi connectivity index (χ1) is 14.0. The van der Waals surface area contributed by atoms with E-state index in [4.69, 9.17) is 0 Å². The lowest BCUT2D eigenvalue weighted by molar-refractivity contribution is 0.0694. The Hall–Kier alpha value is -2.33. The molecule has 2 atom stereocenters. The van der Waals surface area contributed by atoms with Crippen LogP contribution in [0.1, 0.15) is 24.2 Å². The topological polar surface area (TPSA) is 112 Å². The van der Waals surface area contributed by atoms with Gasteiger partial charge in [-0.25, -0.2) is 22.8 Å². The number of piperazine rings is 1. The first-order valence-electron chi connectivity index (χ1n) is 9.22. The number of benzene rings is 1. The van der Waals surface area contributed by atoms with Gasteiger partial charge in [0.05, 0.1) is 10.9 Å². The summed E-state index contributed by atoms with van der Waals surface area (Å²) in [7, 11) is -2.89. The van der Waals surface area contributed by atoms with Crippen molar-refractivity contribution in [3.63, 3.8) is 0 Å². The summed E-state index contributed by atoms with van der Waals surface area (Å²) in [5, 5.41) is 8.86. The third kappa shape index (κ3) is 3.62. The van der Waals surface area contributed by atoms with Gasteiger partial charge in [-0.2, -0.15) is 0 Å². The van der Waals surface area contributed by atoms with Gasteiger partial charge in [-0.1, -0.05) is 0 Å². The Bertz CT molecular complexity index is 1120. The SMILES string of the molecule is CCn1cc(C(=O)O)c(=O)c2cc(F)c(N3CCN(P(=O)(O)OC)C(C)C3)c(F)c21. The standard InChI is InChI=1S/C18H22F2N3O6P/c1-4-21-9-12(18(25)26)17(24)11-7-13(19)16(14(20)15(11)21)22-5-6-23(10(2)8-22)30(27,28)29-3/h7,9-10H,4-6,8H2,1-3H3,(H,25,26)(H,27,28). The van der Waals surface area contributed by atoms with E-state index in [0.29, 0.717) is 0 Å². The van der Waals surface area contributed by atoms with Crippen molar-refractivity contribution >= 4 is 30.3 Å². The van der Waals surface area contributed by atoms with Gasteiger partial charge in [0, 0.05) is 45.5 Å². The van der Waals surface area contributed by atoms with Crippen LogP contribution in [0.5, 0.6) is 0 Å². The Labute approximate surface area is 170 Å². The number of fused-ring (bicyclic) bond motifs is 1. The molecule has 2 aromatic rings. The first kappa shape index (κ1) is 22.4. The summed E-state index contributed by atoms with van der Waals surface area (Å²) in [5.74, 6) is -3.48. The molecule has 9 nitrogen and oxygen atoms in total. The minimum Gasteiger partial charge on any atom is -0.477 e. The molecular formula is C18H22F2N3O6P. The maximum Gasteiger partial charge on any atom is 0.405 e. The molecule has 1 aliphatic heterocycles. The number of carboxylic acids is 1. The number of carboxylic acid groups (broad SMARTS) is 1. The van der Waals surface area contributed by atoms with Crippen LogP contribution in [0.4, 0.5) is 14.5 Å². The van der Waals surface area contributed by atoms with Gasteiger partial charge in [0.15, 0.2) is 5.82 Å². The molecule has 0 amide bonds. The Morgan fingerprint density at radius 1 is 1.37 bits per heavy atom. The van der Waals surface area contributed by atoms with Crippen molar-refractivity contribution in [2.24, 2.45) is 0 Å². The maximum atomic E-state index is 15.5. The number of aromatic carboxylic acids is 1.